The Morgan fingerprint density at radius 3 is 2.67 bits per heavy atom. The maximum Gasteiger partial charge on any atom is 0.303 e. The maximum absolute atomic E-state index is 13.0. The molecule has 2 aromatic rings. The van der Waals surface area contributed by atoms with Crippen LogP contribution in [0.3, 0.4) is 0 Å². The van der Waals surface area contributed by atoms with Crippen molar-refractivity contribution in [1.82, 2.24) is 0 Å². The molecule has 0 heterocycles. The van der Waals surface area contributed by atoms with E-state index >= 15 is 0 Å². The van der Waals surface area contributed by atoms with Gasteiger partial charge < -0.3 is 15.6 Å². The summed E-state index contributed by atoms with van der Waals surface area (Å²) < 4.78 is 18.6. The van der Waals surface area contributed by atoms with E-state index in [0.29, 0.717) is 23.4 Å². The van der Waals surface area contributed by atoms with Gasteiger partial charge in [-0.1, -0.05) is 18.2 Å². The second-order valence-corrected chi connectivity index (χ2v) is 4.68. The van der Waals surface area contributed by atoms with E-state index in [2.05, 4.69) is 0 Å². The van der Waals surface area contributed by atoms with Gasteiger partial charge in [0, 0.05) is 6.42 Å². The van der Waals surface area contributed by atoms with Crippen molar-refractivity contribution >= 4 is 11.7 Å². The van der Waals surface area contributed by atoms with E-state index in [4.69, 9.17) is 15.6 Å². The molecular weight excluding hydrogens is 273 g/mol. The Hall–Kier alpha value is -2.56. The number of carbonyl (C=O) groups is 1. The van der Waals surface area contributed by atoms with Crippen LogP contribution >= 0.6 is 0 Å². The zero-order chi connectivity index (χ0) is 15.2. The molecule has 0 aromatic heterocycles. The number of halogens is 1. The second-order valence-electron chi connectivity index (χ2n) is 4.68. The van der Waals surface area contributed by atoms with Gasteiger partial charge in [0.25, 0.3) is 0 Å². The molecule has 3 N–H and O–H groups in total. The van der Waals surface area contributed by atoms with Crippen LogP contribution in [0, 0.1) is 5.82 Å². The summed E-state index contributed by atoms with van der Waals surface area (Å²) in [6.45, 7) is 0.219. The largest absolute Gasteiger partial charge is 0.487 e. The van der Waals surface area contributed by atoms with Crippen LogP contribution < -0.4 is 10.5 Å². The molecule has 0 saturated carbocycles. The molecule has 0 spiro atoms. The first kappa shape index (κ1) is 14.8. The fraction of sp³-hybridized carbons (Fsp3) is 0.188. The van der Waals surface area contributed by atoms with E-state index < -0.39 is 5.97 Å². The molecule has 0 aliphatic carbocycles. The molecule has 0 atom stereocenters. The van der Waals surface area contributed by atoms with Crippen molar-refractivity contribution in [3.8, 4) is 5.75 Å². The van der Waals surface area contributed by atoms with Crippen LogP contribution in [0.4, 0.5) is 10.1 Å². The Morgan fingerprint density at radius 2 is 2.00 bits per heavy atom. The Balaban J connectivity index is 1.99. The summed E-state index contributed by atoms with van der Waals surface area (Å²) in [6.07, 6.45) is 0.479. The molecule has 110 valence electrons. The molecule has 2 aromatic carbocycles. The summed E-state index contributed by atoms with van der Waals surface area (Å²) in [4.78, 5) is 10.5. The smallest absolute Gasteiger partial charge is 0.303 e. The van der Waals surface area contributed by atoms with E-state index in [-0.39, 0.29) is 18.8 Å². The number of carboxylic acid groups (broad SMARTS) is 1. The lowest BCUT2D eigenvalue weighted by atomic mass is 10.1. The number of anilines is 1. The highest BCUT2D eigenvalue weighted by Gasteiger charge is 2.05. The lowest BCUT2D eigenvalue weighted by molar-refractivity contribution is -0.136. The minimum absolute atomic E-state index is 0.0585. The van der Waals surface area contributed by atoms with Crippen LogP contribution in [0.2, 0.25) is 0 Å². The van der Waals surface area contributed by atoms with E-state index in [9.17, 15) is 9.18 Å². The number of carboxylic acids is 1. The standard InChI is InChI=1S/C16H16FNO3/c17-13-3-1-2-12(8-13)10-21-15-6-4-11(9-14(15)18)5-7-16(19)20/h1-4,6,8-9H,5,7,10,18H2,(H,19,20). The molecule has 21 heavy (non-hydrogen) atoms. The maximum atomic E-state index is 13.0. The van der Waals surface area contributed by atoms with E-state index in [1.54, 1.807) is 30.3 Å². The van der Waals surface area contributed by atoms with Crippen molar-refractivity contribution in [3.05, 3.63) is 59.4 Å². The molecule has 0 amide bonds. The Kier molecular flexibility index (Phi) is 4.77. The normalized spacial score (nSPS) is 10.3. The first-order valence-electron chi connectivity index (χ1n) is 6.52. The zero-order valence-electron chi connectivity index (χ0n) is 11.4. The quantitative estimate of drug-likeness (QED) is 0.802. The number of aryl methyl sites for hydroxylation is 1. The van der Waals surface area contributed by atoms with Crippen LogP contribution in [0.5, 0.6) is 5.75 Å². The number of nitrogen functional groups attached to an aromatic ring is 1. The third-order valence-corrected chi connectivity index (χ3v) is 2.99. The van der Waals surface area contributed by atoms with Gasteiger partial charge >= 0.3 is 5.97 Å². The van der Waals surface area contributed by atoms with Gasteiger partial charge in [0.1, 0.15) is 18.2 Å². The predicted octanol–water partition coefficient (Wildman–Crippen LogP) is 3.00. The minimum atomic E-state index is -0.847. The predicted molar refractivity (Wildman–Crippen MR) is 77.5 cm³/mol. The molecule has 4 nitrogen and oxygen atoms in total. The highest BCUT2D eigenvalue weighted by Crippen LogP contribution is 2.24. The molecule has 0 radical (unpaired) electrons. The molecule has 2 rings (SSSR count). The van der Waals surface area contributed by atoms with Crippen molar-refractivity contribution in [2.75, 3.05) is 5.73 Å². The van der Waals surface area contributed by atoms with Gasteiger partial charge in [-0.15, -0.1) is 0 Å². The van der Waals surface area contributed by atoms with Crippen molar-refractivity contribution < 1.29 is 19.0 Å². The SMILES string of the molecule is Nc1cc(CCC(=O)O)ccc1OCc1cccc(F)c1. The number of aliphatic carboxylic acids is 1. The highest BCUT2D eigenvalue weighted by atomic mass is 19.1. The first-order valence-corrected chi connectivity index (χ1v) is 6.52. The highest BCUT2D eigenvalue weighted by molar-refractivity contribution is 5.67. The van der Waals surface area contributed by atoms with Crippen LogP contribution in [0.15, 0.2) is 42.5 Å². The summed E-state index contributed by atoms with van der Waals surface area (Å²) in [5, 5.41) is 8.64. The molecule has 0 aliphatic heterocycles. The van der Waals surface area contributed by atoms with E-state index in [0.717, 1.165) is 5.56 Å². The summed E-state index contributed by atoms with van der Waals surface area (Å²) in [7, 11) is 0. The number of hydrogen-bond donors (Lipinski definition) is 2. The summed E-state index contributed by atoms with van der Waals surface area (Å²) in [5.74, 6) is -0.661. The van der Waals surface area contributed by atoms with Crippen molar-refractivity contribution in [1.29, 1.82) is 0 Å². The summed E-state index contributed by atoms with van der Waals surface area (Å²) >= 11 is 0. The number of rotatable bonds is 6. The number of nitrogens with two attached hydrogens (primary N) is 1. The minimum Gasteiger partial charge on any atom is -0.487 e. The number of hydrogen-bond acceptors (Lipinski definition) is 3. The average Bonchev–Trinajstić information content (AvgIpc) is 2.44. The van der Waals surface area contributed by atoms with E-state index in [1.807, 2.05) is 0 Å². The fourth-order valence-electron chi connectivity index (χ4n) is 1.92. The van der Waals surface area contributed by atoms with Gasteiger partial charge in [0.2, 0.25) is 0 Å². The van der Waals surface area contributed by atoms with Crippen molar-refractivity contribution in [2.45, 2.75) is 19.4 Å². The molecule has 0 saturated heterocycles. The second kappa shape index (κ2) is 6.74. The lowest BCUT2D eigenvalue weighted by Gasteiger charge is -2.10. The van der Waals surface area contributed by atoms with Crippen LogP contribution in [-0.2, 0) is 17.8 Å². The van der Waals surface area contributed by atoms with Gasteiger partial charge in [-0.2, -0.15) is 0 Å². The van der Waals surface area contributed by atoms with Crippen LogP contribution in [-0.4, -0.2) is 11.1 Å². The van der Waals surface area contributed by atoms with Gasteiger partial charge in [0.15, 0.2) is 0 Å². The van der Waals surface area contributed by atoms with Crippen LogP contribution in [0.1, 0.15) is 17.5 Å². The average molecular weight is 289 g/mol. The van der Waals surface area contributed by atoms with Crippen LogP contribution in [0.25, 0.3) is 0 Å². The zero-order valence-corrected chi connectivity index (χ0v) is 11.4. The van der Waals surface area contributed by atoms with Gasteiger partial charge in [-0.3, -0.25) is 4.79 Å². The first-order chi connectivity index (χ1) is 10.0. The summed E-state index contributed by atoms with van der Waals surface area (Å²) in [5.41, 5.74) is 7.87. The van der Waals surface area contributed by atoms with Gasteiger partial charge in [-0.05, 0) is 41.8 Å². The fourth-order valence-corrected chi connectivity index (χ4v) is 1.92. The number of benzene rings is 2. The lowest BCUT2D eigenvalue weighted by Crippen LogP contribution is -2.01. The molecule has 0 aliphatic rings. The van der Waals surface area contributed by atoms with Gasteiger partial charge in [0.05, 0.1) is 5.69 Å². The van der Waals surface area contributed by atoms with Crippen molar-refractivity contribution in [2.24, 2.45) is 0 Å². The molecule has 0 bridgehead atoms. The molecule has 5 heteroatoms. The van der Waals surface area contributed by atoms with Gasteiger partial charge in [-0.25, -0.2) is 4.39 Å². The Morgan fingerprint density at radius 1 is 1.19 bits per heavy atom. The third-order valence-electron chi connectivity index (χ3n) is 2.99. The Labute approximate surface area is 122 Å². The Bertz CT molecular complexity index is 643. The molecular formula is C16H16FNO3. The topological polar surface area (TPSA) is 72.6 Å². The van der Waals surface area contributed by atoms with E-state index in [1.165, 1.54) is 12.1 Å². The molecule has 0 unspecified atom stereocenters. The molecule has 0 fully saturated rings. The monoisotopic (exact) mass is 289 g/mol. The van der Waals surface area contributed by atoms with Crippen molar-refractivity contribution in [3.63, 3.8) is 0 Å². The third kappa shape index (κ3) is 4.49. The summed E-state index contributed by atoms with van der Waals surface area (Å²) in [6, 6.07) is 11.3. The number of ether oxygens (including phenoxy) is 1.